The summed E-state index contributed by atoms with van der Waals surface area (Å²) >= 11 is 1.69. The summed E-state index contributed by atoms with van der Waals surface area (Å²) in [5.41, 5.74) is 5.92. The summed E-state index contributed by atoms with van der Waals surface area (Å²) < 4.78 is 0. The van der Waals surface area contributed by atoms with Crippen LogP contribution in [-0.2, 0) is 6.54 Å². The van der Waals surface area contributed by atoms with Crippen molar-refractivity contribution in [3.05, 3.63) is 16.6 Å². The summed E-state index contributed by atoms with van der Waals surface area (Å²) in [5, 5.41) is 6.68. The van der Waals surface area contributed by atoms with Gasteiger partial charge in [0.2, 0.25) is 0 Å². The van der Waals surface area contributed by atoms with Crippen molar-refractivity contribution in [3.63, 3.8) is 0 Å². The highest BCUT2D eigenvalue weighted by atomic mass is 35.5. The second-order valence-electron chi connectivity index (χ2n) is 4.18. The monoisotopic (exact) mass is 247 g/mol. The van der Waals surface area contributed by atoms with E-state index in [0.29, 0.717) is 6.54 Å². The number of hydrogen-bond donors (Lipinski definition) is 2. The molecule has 5 heteroatoms. The van der Waals surface area contributed by atoms with Gasteiger partial charge in [-0.3, -0.25) is 0 Å². The lowest BCUT2D eigenvalue weighted by atomic mass is 9.96. The molecule has 1 fully saturated rings. The minimum absolute atomic E-state index is 0. The Bertz CT molecular complexity index is 287. The largest absolute Gasteiger partial charge is 0.329 e. The van der Waals surface area contributed by atoms with Crippen LogP contribution in [0.4, 0.5) is 0 Å². The molecule has 1 aromatic rings. The molecule has 0 radical (unpaired) electrons. The molecule has 0 saturated heterocycles. The summed E-state index contributed by atoms with van der Waals surface area (Å²) in [6.45, 7) is 3.78. The van der Waals surface area contributed by atoms with Crippen molar-refractivity contribution in [1.82, 2.24) is 10.3 Å². The second-order valence-corrected chi connectivity index (χ2v) is 5.15. The zero-order chi connectivity index (χ0) is 10.0. The van der Waals surface area contributed by atoms with Crippen molar-refractivity contribution in [2.24, 2.45) is 11.7 Å². The van der Waals surface area contributed by atoms with Gasteiger partial charge in [0.25, 0.3) is 0 Å². The van der Waals surface area contributed by atoms with Gasteiger partial charge in [0.1, 0.15) is 5.01 Å². The van der Waals surface area contributed by atoms with Crippen LogP contribution in [0.1, 0.15) is 24.8 Å². The molecular weight excluding hydrogens is 230 g/mol. The van der Waals surface area contributed by atoms with Gasteiger partial charge in [0, 0.05) is 30.2 Å². The SMILES string of the molecule is CC(CN)(NCc1nccs1)C1CC1.Cl. The van der Waals surface area contributed by atoms with E-state index in [1.807, 2.05) is 11.6 Å². The molecule has 86 valence electrons. The van der Waals surface area contributed by atoms with Gasteiger partial charge in [-0.25, -0.2) is 4.98 Å². The number of halogens is 1. The third kappa shape index (κ3) is 3.14. The average molecular weight is 248 g/mol. The fraction of sp³-hybridized carbons (Fsp3) is 0.700. The molecule has 1 aromatic heterocycles. The summed E-state index contributed by atoms with van der Waals surface area (Å²) in [4.78, 5) is 4.25. The van der Waals surface area contributed by atoms with Crippen LogP contribution in [0.3, 0.4) is 0 Å². The predicted octanol–water partition coefficient (Wildman–Crippen LogP) is 1.78. The van der Waals surface area contributed by atoms with Gasteiger partial charge in [-0.1, -0.05) is 0 Å². The maximum absolute atomic E-state index is 5.81. The lowest BCUT2D eigenvalue weighted by Gasteiger charge is -2.29. The van der Waals surface area contributed by atoms with Gasteiger partial charge >= 0.3 is 0 Å². The average Bonchev–Trinajstić information content (AvgIpc) is 2.94. The number of rotatable bonds is 5. The molecule has 0 bridgehead atoms. The van der Waals surface area contributed by atoms with E-state index in [9.17, 15) is 0 Å². The lowest BCUT2D eigenvalue weighted by Crippen LogP contribution is -2.50. The van der Waals surface area contributed by atoms with Crippen LogP contribution in [0.25, 0.3) is 0 Å². The zero-order valence-electron chi connectivity index (χ0n) is 8.90. The van der Waals surface area contributed by atoms with Crippen LogP contribution < -0.4 is 11.1 Å². The lowest BCUT2D eigenvalue weighted by molar-refractivity contribution is 0.317. The zero-order valence-corrected chi connectivity index (χ0v) is 10.5. The van der Waals surface area contributed by atoms with E-state index in [1.54, 1.807) is 11.3 Å². The Hall–Kier alpha value is -0.160. The first-order chi connectivity index (χ1) is 6.74. The standard InChI is InChI=1S/C10H17N3S.ClH/c1-10(7-11,8-2-3-8)13-6-9-12-4-5-14-9;/h4-5,8,13H,2-3,6-7,11H2,1H3;1H. The smallest absolute Gasteiger partial charge is 0.106 e. The Morgan fingerprint density at radius 1 is 1.67 bits per heavy atom. The van der Waals surface area contributed by atoms with Gasteiger partial charge in [-0.05, 0) is 25.7 Å². The summed E-state index contributed by atoms with van der Waals surface area (Å²) in [6, 6.07) is 0. The van der Waals surface area contributed by atoms with Crippen LogP contribution in [-0.4, -0.2) is 17.1 Å². The topological polar surface area (TPSA) is 50.9 Å². The van der Waals surface area contributed by atoms with E-state index in [4.69, 9.17) is 5.73 Å². The minimum atomic E-state index is 0. The van der Waals surface area contributed by atoms with Gasteiger partial charge in [0.05, 0.1) is 0 Å². The van der Waals surface area contributed by atoms with Gasteiger partial charge in [0.15, 0.2) is 0 Å². The number of aromatic nitrogens is 1. The van der Waals surface area contributed by atoms with Crippen molar-refractivity contribution < 1.29 is 0 Å². The van der Waals surface area contributed by atoms with E-state index in [1.165, 1.54) is 12.8 Å². The van der Waals surface area contributed by atoms with Gasteiger partial charge < -0.3 is 11.1 Å². The molecule has 0 amide bonds. The molecule has 15 heavy (non-hydrogen) atoms. The Balaban J connectivity index is 0.00000112. The molecule has 1 heterocycles. The van der Waals surface area contributed by atoms with Crippen molar-refractivity contribution in [3.8, 4) is 0 Å². The van der Waals surface area contributed by atoms with Crippen molar-refractivity contribution >= 4 is 23.7 Å². The van der Waals surface area contributed by atoms with E-state index in [0.717, 1.165) is 17.5 Å². The number of nitrogens with two attached hydrogens (primary N) is 1. The Labute approximate surface area is 101 Å². The fourth-order valence-electron chi connectivity index (χ4n) is 1.72. The predicted molar refractivity (Wildman–Crippen MR) is 66.4 cm³/mol. The molecule has 1 aliphatic carbocycles. The molecule has 1 unspecified atom stereocenters. The fourth-order valence-corrected chi connectivity index (χ4v) is 2.28. The third-order valence-electron chi connectivity index (χ3n) is 3.03. The Morgan fingerprint density at radius 2 is 2.40 bits per heavy atom. The third-order valence-corrected chi connectivity index (χ3v) is 3.81. The molecule has 1 aliphatic rings. The molecule has 0 aliphatic heterocycles. The maximum atomic E-state index is 5.81. The highest BCUT2D eigenvalue weighted by Crippen LogP contribution is 2.39. The molecule has 0 spiro atoms. The molecule has 1 atom stereocenters. The summed E-state index contributed by atoms with van der Waals surface area (Å²) in [5.74, 6) is 0.771. The van der Waals surface area contributed by atoms with E-state index >= 15 is 0 Å². The quantitative estimate of drug-likeness (QED) is 0.834. The number of nitrogens with zero attached hydrogens (tertiary/aromatic N) is 1. The first-order valence-electron chi connectivity index (χ1n) is 5.08. The summed E-state index contributed by atoms with van der Waals surface area (Å²) in [7, 11) is 0. The van der Waals surface area contributed by atoms with Crippen molar-refractivity contribution in [2.75, 3.05) is 6.54 Å². The number of thiazole rings is 1. The van der Waals surface area contributed by atoms with Crippen molar-refractivity contribution in [1.29, 1.82) is 0 Å². The summed E-state index contributed by atoms with van der Waals surface area (Å²) in [6.07, 6.45) is 4.48. The normalized spacial score (nSPS) is 19.3. The molecular formula is C10H18ClN3S. The molecule has 3 nitrogen and oxygen atoms in total. The van der Waals surface area contributed by atoms with Crippen LogP contribution in [0, 0.1) is 5.92 Å². The Kier molecular flexibility index (Phi) is 4.52. The first kappa shape index (κ1) is 12.9. The van der Waals surface area contributed by atoms with Crippen LogP contribution in [0.2, 0.25) is 0 Å². The highest BCUT2D eigenvalue weighted by molar-refractivity contribution is 7.09. The van der Waals surface area contributed by atoms with Crippen molar-refractivity contribution in [2.45, 2.75) is 31.8 Å². The van der Waals surface area contributed by atoms with Crippen LogP contribution in [0.5, 0.6) is 0 Å². The van der Waals surface area contributed by atoms with E-state index in [2.05, 4.69) is 17.2 Å². The molecule has 2 rings (SSSR count). The van der Waals surface area contributed by atoms with Gasteiger partial charge in [-0.15, -0.1) is 23.7 Å². The minimum Gasteiger partial charge on any atom is -0.329 e. The maximum Gasteiger partial charge on any atom is 0.106 e. The van der Waals surface area contributed by atoms with Crippen LogP contribution >= 0.6 is 23.7 Å². The van der Waals surface area contributed by atoms with E-state index in [-0.39, 0.29) is 17.9 Å². The first-order valence-corrected chi connectivity index (χ1v) is 5.96. The molecule has 3 N–H and O–H groups in total. The molecule has 1 saturated carbocycles. The van der Waals surface area contributed by atoms with E-state index < -0.39 is 0 Å². The Morgan fingerprint density at radius 3 is 2.87 bits per heavy atom. The highest BCUT2D eigenvalue weighted by Gasteiger charge is 2.39. The number of nitrogens with one attached hydrogen (secondary N) is 1. The van der Waals surface area contributed by atoms with Crippen LogP contribution in [0.15, 0.2) is 11.6 Å². The molecule has 0 aromatic carbocycles. The second kappa shape index (κ2) is 5.25. The number of hydrogen-bond acceptors (Lipinski definition) is 4. The van der Waals surface area contributed by atoms with Gasteiger partial charge in [-0.2, -0.15) is 0 Å².